The molecule has 4 N–H and O–H groups in total. The topological polar surface area (TPSA) is 110 Å². The fourth-order valence-corrected chi connectivity index (χ4v) is 4.64. The Morgan fingerprint density at radius 1 is 1.21 bits per heavy atom. The summed E-state index contributed by atoms with van der Waals surface area (Å²) in [6.45, 7) is 5.30. The monoisotopic (exact) mass is 379 g/mol. The molecule has 1 aromatic carbocycles. The molecular formula is C21H25N5O2. The second-order valence-electron chi connectivity index (χ2n) is 7.88. The molecule has 2 aromatic rings. The molecule has 0 radical (unpaired) electrons. The van der Waals surface area contributed by atoms with E-state index in [2.05, 4.69) is 20.6 Å². The van der Waals surface area contributed by atoms with Crippen LogP contribution in [-0.2, 0) is 5.54 Å². The molecule has 1 aromatic heterocycles. The van der Waals surface area contributed by atoms with E-state index in [9.17, 15) is 9.59 Å². The van der Waals surface area contributed by atoms with Gasteiger partial charge in [0.1, 0.15) is 18.0 Å². The van der Waals surface area contributed by atoms with E-state index >= 15 is 0 Å². The van der Waals surface area contributed by atoms with Gasteiger partial charge in [-0.2, -0.15) is 0 Å². The molecule has 0 atom stereocenters. The van der Waals surface area contributed by atoms with Crippen LogP contribution in [0, 0.1) is 13.8 Å². The third kappa shape index (κ3) is 2.73. The summed E-state index contributed by atoms with van der Waals surface area (Å²) in [5.74, 6) is 0.801. The molecular weight excluding hydrogens is 354 g/mol. The Bertz CT molecular complexity index is 993. The maximum Gasteiger partial charge on any atom is 0.252 e. The Morgan fingerprint density at radius 3 is 2.61 bits per heavy atom. The van der Waals surface area contributed by atoms with Gasteiger partial charge in [-0.05, 0) is 45.2 Å². The number of anilines is 3. The first-order valence-electron chi connectivity index (χ1n) is 9.69. The van der Waals surface area contributed by atoms with E-state index in [-0.39, 0.29) is 11.7 Å². The van der Waals surface area contributed by atoms with Gasteiger partial charge in [0.05, 0.1) is 11.2 Å². The predicted octanol–water partition coefficient (Wildman–Crippen LogP) is 3.52. The van der Waals surface area contributed by atoms with Crippen LogP contribution >= 0.6 is 0 Å². The summed E-state index contributed by atoms with van der Waals surface area (Å²) in [7, 11) is 0. The molecule has 0 bridgehead atoms. The molecule has 7 heteroatoms. The van der Waals surface area contributed by atoms with E-state index in [1.165, 1.54) is 6.33 Å². The van der Waals surface area contributed by atoms with Gasteiger partial charge in [-0.3, -0.25) is 9.59 Å². The first-order chi connectivity index (χ1) is 13.3. The van der Waals surface area contributed by atoms with E-state index < -0.39 is 5.54 Å². The summed E-state index contributed by atoms with van der Waals surface area (Å²) >= 11 is 0. The SMILES string of the molecule is CC(=O)c1c(Nc2ncnc(N)c2C)cc(C)c2c1C1(CCCCC1)NC2=O. The van der Waals surface area contributed by atoms with Gasteiger partial charge in [-0.15, -0.1) is 0 Å². The summed E-state index contributed by atoms with van der Waals surface area (Å²) in [5, 5.41) is 6.50. The fraction of sp³-hybridized carbons (Fsp3) is 0.429. The second kappa shape index (κ2) is 6.58. The third-order valence-electron chi connectivity index (χ3n) is 6.02. The van der Waals surface area contributed by atoms with Crippen LogP contribution in [0.5, 0.6) is 0 Å². The van der Waals surface area contributed by atoms with Gasteiger partial charge in [0.25, 0.3) is 5.91 Å². The molecule has 1 aliphatic carbocycles. The first-order valence-corrected chi connectivity index (χ1v) is 9.69. The number of hydrogen-bond donors (Lipinski definition) is 3. The minimum atomic E-state index is -0.451. The van der Waals surface area contributed by atoms with Crippen LogP contribution in [0.4, 0.5) is 17.3 Å². The number of rotatable bonds is 3. The van der Waals surface area contributed by atoms with Gasteiger partial charge in [-0.25, -0.2) is 9.97 Å². The van der Waals surface area contributed by atoms with Gasteiger partial charge in [0.15, 0.2) is 5.78 Å². The maximum atomic E-state index is 12.8. The number of nitrogens with two attached hydrogens (primary N) is 1. The van der Waals surface area contributed by atoms with Crippen LogP contribution in [0.15, 0.2) is 12.4 Å². The fourth-order valence-electron chi connectivity index (χ4n) is 4.64. The predicted molar refractivity (Wildman–Crippen MR) is 108 cm³/mol. The summed E-state index contributed by atoms with van der Waals surface area (Å²) in [5.41, 5.74) is 9.76. The number of carbonyl (C=O) groups is 2. The second-order valence-corrected chi connectivity index (χ2v) is 7.88. The number of Topliss-reactive ketones (excluding diaryl/α,β-unsaturated/α-hetero) is 1. The lowest BCUT2D eigenvalue weighted by Gasteiger charge is -2.35. The van der Waals surface area contributed by atoms with Crippen LogP contribution in [0.1, 0.15) is 76.4 Å². The zero-order valence-corrected chi connectivity index (χ0v) is 16.5. The van der Waals surface area contributed by atoms with Gasteiger partial charge in [-0.1, -0.05) is 19.3 Å². The normalized spacial score (nSPS) is 17.3. The van der Waals surface area contributed by atoms with Gasteiger partial charge >= 0.3 is 0 Å². The van der Waals surface area contributed by atoms with Crippen molar-refractivity contribution in [1.29, 1.82) is 0 Å². The number of nitrogen functional groups attached to an aromatic ring is 1. The zero-order valence-electron chi connectivity index (χ0n) is 16.5. The number of fused-ring (bicyclic) bond motifs is 2. The van der Waals surface area contributed by atoms with Crippen molar-refractivity contribution in [2.45, 2.75) is 58.4 Å². The molecule has 0 unspecified atom stereocenters. The Hall–Kier alpha value is -2.96. The quantitative estimate of drug-likeness (QED) is 0.704. The molecule has 146 valence electrons. The summed E-state index contributed by atoms with van der Waals surface area (Å²) in [4.78, 5) is 33.9. The van der Waals surface area contributed by atoms with E-state index in [0.717, 1.165) is 48.8 Å². The summed E-state index contributed by atoms with van der Waals surface area (Å²) in [6.07, 6.45) is 6.33. The lowest BCUT2D eigenvalue weighted by atomic mass is 9.74. The summed E-state index contributed by atoms with van der Waals surface area (Å²) in [6, 6.07) is 1.86. The lowest BCUT2D eigenvalue weighted by molar-refractivity contribution is 0.0905. The molecule has 2 aliphatic rings. The van der Waals surface area contributed by atoms with E-state index in [1.807, 2.05) is 19.9 Å². The van der Waals surface area contributed by atoms with E-state index in [4.69, 9.17) is 5.73 Å². The van der Waals surface area contributed by atoms with Crippen molar-refractivity contribution in [3.8, 4) is 0 Å². The standard InChI is InChI=1S/C21H25N5O2/c1-11-9-14(25-19-12(2)18(22)23-10-24-19)16(13(3)27)17-15(11)20(28)26-21(17)7-5-4-6-8-21/h9-10H,4-8H2,1-3H3,(H,26,28)(H3,22,23,24,25). The van der Waals surface area contributed by atoms with Gasteiger partial charge < -0.3 is 16.4 Å². The molecule has 1 amide bonds. The number of nitrogens with zero attached hydrogens (tertiary/aromatic N) is 2. The molecule has 28 heavy (non-hydrogen) atoms. The highest BCUT2D eigenvalue weighted by Crippen LogP contribution is 2.47. The Labute approximate surface area is 164 Å². The molecule has 1 aliphatic heterocycles. The van der Waals surface area contributed by atoms with E-state index in [1.54, 1.807) is 6.92 Å². The van der Waals surface area contributed by atoms with Crippen molar-refractivity contribution in [1.82, 2.24) is 15.3 Å². The van der Waals surface area contributed by atoms with Crippen molar-refractivity contribution >= 4 is 29.0 Å². The zero-order chi connectivity index (χ0) is 20.1. The number of aryl methyl sites for hydroxylation is 1. The molecule has 1 spiro atoms. The van der Waals surface area contributed by atoms with Crippen molar-refractivity contribution in [2.75, 3.05) is 11.1 Å². The Morgan fingerprint density at radius 2 is 1.93 bits per heavy atom. The first kappa shape index (κ1) is 18.4. The minimum absolute atomic E-state index is 0.0696. The van der Waals surface area contributed by atoms with Crippen molar-refractivity contribution in [3.05, 3.63) is 40.2 Å². The molecule has 1 fully saturated rings. The highest BCUT2D eigenvalue weighted by Gasteiger charge is 2.47. The lowest BCUT2D eigenvalue weighted by Crippen LogP contribution is -2.41. The Balaban J connectivity index is 1.93. The number of benzene rings is 1. The van der Waals surface area contributed by atoms with Crippen LogP contribution < -0.4 is 16.4 Å². The largest absolute Gasteiger partial charge is 0.383 e. The molecule has 1 saturated carbocycles. The van der Waals surface area contributed by atoms with Crippen molar-refractivity contribution < 1.29 is 9.59 Å². The Kier molecular flexibility index (Phi) is 4.33. The average Bonchev–Trinajstić information content (AvgIpc) is 2.91. The van der Waals surface area contributed by atoms with Crippen LogP contribution in [0.25, 0.3) is 0 Å². The molecule has 4 rings (SSSR count). The third-order valence-corrected chi connectivity index (χ3v) is 6.02. The molecule has 7 nitrogen and oxygen atoms in total. The molecule has 0 saturated heterocycles. The average molecular weight is 379 g/mol. The van der Waals surface area contributed by atoms with Crippen LogP contribution in [-0.4, -0.2) is 21.7 Å². The number of hydrogen-bond acceptors (Lipinski definition) is 6. The van der Waals surface area contributed by atoms with Gasteiger partial charge in [0, 0.05) is 22.3 Å². The smallest absolute Gasteiger partial charge is 0.252 e. The minimum Gasteiger partial charge on any atom is -0.383 e. The number of ketones is 1. The van der Waals surface area contributed by atoms with Crippen LogP contribution in [0.2, 0.25) is 0 Å². The number of aromatic nitrogens is 2. The van der Waals surface area contributed by atoms with Crippen molar-refractivity contribution in [3.63, 3.8) is 0 Å². The van der Waals surface area contributed by atoms with Gasteiger partial charge in [0.2, 0.25) is 0 Å². The van der Waals surface area contributed by atoms with Crippen LogP contribution in [0.3, 0.4) is 0 Å². The van der Waals surface area contributed by atoms with E-state index in [0.29, 0.717) is 28.5 Å². The summed E-state index contributed by atoms with van der Waals surface area (Å²) < 4.78 is 0. The number of amides is 1. The highest BCUT2D eigenvalue weighted by atomic mass is 16.2. The number of carbonyl (C=O) groups excluding carboxylic acids is 2. The maximum absolute atomic E-state index is 12.8. The molecule has 2 heterocycles. The number of nitrogens with one attached hydrogen (secondary N) is 2. The van der Waals surface area contributed by atoms with Crippen molar-refractivity contribution in [2.24, 2.45) is 0 Å². The highest BCUT2D eigenvalue weighted by molar-refractivity contribution is 6.10.